The summed E-state index contributed by atoms with van der Waals surface area (Å²) in [5, 5.41) is 0. The van der Waals surface area contributed by atoms with E-state index in [2.05, 4.69) is 10.8 Å². The lowest BCUT2D eigenvalue weighted by atomic mass is 10.3. The molecule has 0 saturated carbocycles. The van der Waals surface area contributed by atoms with Crippen LogP contribution in [0, 0.1) is 0 Å². The minimum absolute atomic E-state index is 0.192. The number of hydrogen-bond acceptors (Lipinski definition) is 6. The van der Waals surface area contributed by atoms with Gasteiger partial charge in [-0.25, -0.2) is 0 Å². The molecule has 0 aliphatic heterocycles. The minimum Gasteiger partial charge on any atom is -0.466 e. The molecule has 0 unspecified atom stereocenters. The van der Waals surface area contributed by atoms with Crippen molar-refractivity contribution in [3.05, 3.63) is 12.7 Å². The van der Waals surface area contributed by atoms with Crippen molar-refractivity contribution in [3.8, 4) is 0 Å². The second-order valence-corrected chi connectivity index (χ2v) is 4.80. The van der Waals surface area contributed by atoms with Crippen LogP contribution in [0.15, 0.2) is 12.7 Å². The summed E-state index contributed by atoms with van der Waals surface area (Å²) in [6, 6.07) is 0. The van der Waals surface area contributed by atoms with Gasteiger partial charge in [-0.05, 0) is 6.42 Å². The number of rotatable bonds is 8. The molecule has 0 N–H and O–H groups in total. The number of carbonyl (C=O) groups is 2. The molecular formula is C10H16O6S. The van der Waals surface area contributed by atoms with Crippen LogP contribution in [0.4, 0.5) is 0 Å². The maximum Gasteiger partial charge on any atom is 0.322 e. The molecule has 0 bridgehead atoms. The van der Waals surface area contributed by atoms with Crippen LogP contribution in [-0.4, -0.2) is 32.7 Å². The quantitative estimate of drug-likeness (QED) is 0.366. The zero-order chi connectivity index (χ0) is 13.3. The van der Waals surface area contributed by atoms with Gasteiger partial charge in [0.25, 0.3) is 0 Å². The van der Waals surface area contributed by atoms with Crippen LogP contribution in [0.3, 0.4) is 0 Å². The lowest BCUT2D eigenvalue weighted by Gasteiger charge is -2.04. The van der Waals surface area contributed by atoms with Crippen molar-refractivity contribution in [2.75, 3.05) is 12.4 Å². The first-order valence-corrected chi connectivity index (χ1v) is 6.70. The maximum atomic E-state index is 11.1. The average molecular weight is 264 g/mol. The fraction of sp³-hybridized carbons (Fsp3) is 0.600. The molecule has 0 spiro atoms. The highest BCUT2D eigenvalue weighted by Gasteiger charge is 2.16. The van der Waals surface area contributed by atoms with Gasteiger partial charge >= 0.3 is 22.1 Å². The van der Waals surface area contributed by atoms with Gasteiger partial charge in [-0.2, -0.15) is 8.42 Å². The van der Waals surface area contributed by atoms with Crippen molar-refractivity contribution in [1.82, 2.24) is 0 Å². The van der Waals surface area contributed by atoms with E-state index < -0.39 is 27.8 Å². The van der Waals surface area contributed by atoms with Crippen LogP contribution in [0.2, 0.25) is 0 Å². The molecule has 6 nitrogen and oxygen atoms in total. The van der Waals surface area contributed by atoms with Gasteiger partial charge in [0.05, 0.1) is 19.4 Å². The van der Waals surface area contributed by atoms with Gasteiger partial charge in [0.2, 0.25) is 0 Å². The largest absolute Gasteiger partial charge is 0.466 e. The minimum atomic E-state index is -3.92. The molecule has 7 heteroatoms. The van der Waals surface area contributed by atoms with Crippen LogP contribution < -0.4 is 0 Å². The zero-order valence-corrected chi connectivity index (χ0v) is 10.5. The van der Waals surface area contributed by atoms with E-state index in [1.807, 2.05) is 6.92 Å². The van der Waals surface area contributed by atoms with Crippen LogP contribution in [0.25, 0.3) is 0 Å². The van der Waals surface area contributed by atoms with E-state index in [0.29, 0.717) is 6.42 Å². The predicted octanol–water partition coefficient (Wildman–Crippen LogP) is 0.779. The molecule has 0 atom stereocenters. The third kappa shape index (κ3) is 8.44. The molecule has 0 amide bonds. The molecular weight excluding hydrogens is 248 g/mol. The monoisotopic (exact) mass is 264 g/mol. The molecule has 0 radical (unpaired) electrons. The molecule has 0 aliphatic rings. The Kier molecular flexibility index (Phi) is 7.20. The van der Waals surface area contributed by atoms with Crippen molar-refractivity contribution < 1.29 is 26.9 Å². The highest BCUT2D eigenvalue weighted by molar-refractivity contribution is 7.87. The molecule has 0 saturated heterocycles. The summed E-state index contributed by atoms with van der Waals surface area (Å²) in [6.07, 6.45) is 1.28. The average Bonchev–Trinajstić information content (AvgIpc) is 2.22. The van der Waals surface area contributed by atoms with Crippen LogP contribution in [0.1, 0.15) is 26.2 Å². The van der Waals surface area contributed by atoms with Crippen molar-refractivity contribution in [2.24, 2.45) is 0 Å². The Bertz CT molecular complexity index is 370. The first-order chi connectivity index (χ1) is 7.91. The number of esters is 1. The van der Waals surface area contributed by atoms with E-state index in [4.69, 9.17) is 4.74 Å². The Labute approximate surface area is 101 Å². The summed E-state index contributed by atoms with van der Waals surface area (Å²) in [5.41, 5.74) is 0. The van der Waals surface area contributed by atoms with Crippen LogP contribution in [0.5, 0.6) is 0 Å². The van der Waals surface area contributed by atoms with Crippen LogP contribution >= 0.6 is 0 Å². The van der Waals surface area contributed by atoms with Crippen molar-refractivity contribution in [1.29, 1.82) is 0 Å². The molecule has 0 heterocycles. The van der Waals surface area contributed by atoms with Gasteiger partial charge in [-0.1, -0.05) is 13.0 Å². The van der Waals surface area contributed by atoms with E-state index in [-0.39, 0.29) is 19.4 Å². The lowest BCUT2D eigenvalue weighted by molar-refractivity contribution is -0.146. The van der Waals surface area contributed by atoms with Gasteiger partial charge < -0.3 is 8.92 Å². The number of hydrogen-bond donors (Lipinski definition) is 0. The van der Waals surface area contributed by atoms with Crippen molar-refractivity contribution >= 4 is 22.1 Å². The van der Waals surface area contributed by atoms with E-state index in [1.165, 1.54) is 0 Å². The third-order valence-corrected chi connectivity index (χ3v) is 2.63. The molecule has 0 aliphatic carbocycles. The normalized spacial score (nSPS) is 10.6. The summed E-state index contributed by atoms with van der Waals surface area (Å²) in [4.78, 5) is 22.1. The van der Waals surface area contributed by atoms with Gasteiger partial charge in [-0.15, -0.1) is 6.58 Å². The highest BCUT2D eigenvalue weighted by atomic mass is 32.2. The Morgan fingerprint density at radius 2 is 1.82 bits per heavy atom. The third-order valence-electron chi connectivity index (χ3n) is 1.54. The molecule has 0 rings (SSSR count). The maximum absolute atomic E-state index is 11.1. The Morgan fingerprint density at radius 3 is 2.35 bits per heavy atom. The number of ether oxygens (including phenoxy) is 1. The fourth-order valence-electron chi connectivity index (χ4n) is 0.854. The second kappa shape index (κ2) is 7.83. The van der Waals surface area contributed by atoms with E-state index in [1.54, 1.807) is 0 Å². The Morgan fingerprint density at radius 1 is 1.24 bits per heavy atom. The summed E-state index contributed by atoms with van der Waals surface area (Å²) in [7, 11) is -3.92. The first kappa shape index (κ1) is 15.6. The first-order valence-electron chi connectivity index (χ1n) is 5.12. The summed E-state index contributed by atoms with van der Waals surface area (Å²) >= 11 is 0. The van der Waals surface area contributed by atoms with Crippen molar-refractivity contribution in [2.45, 2.75) is 26.2 Å². The van der Waals surface area contributed by atoms with E-state index >= 15 is 0 Å². The SMILES string of the molecule is C=CCS(=O)(=O)OC(=O)CCC(=O)OCCC. The van der Waals surface area contributed by atoms with E-state index in [0.717, 1.165) is 6.08 Å². The van der Waals surface area contributed by atoms with Gasteiger partial charge in [0.15, 0.2) is 0 Å². The highest BCUT2D eigenvalue weighted by Crippen LogP contribution is 2.01. The van der Waals surface area contributed by atoms with Gasteiger partial charge in [-0.3, -0.25) is 9.59 Å². The molecule has 0 fully saturated rings. The van der Waals surface area contributed by atoms with Crippen LogP contribution in [-0.2, 0) is 28.6 Å². The van der Waals surface area contributed by atoms with Gasteiger partial charge in [0, 0.05) is 0 Å². The standard InChI is InChI=1S/C10H16O6S/c1-3-7-15-9(11)5-6-10(12)16-17(13,14)8-4-2/h4H,2-3,5-8H2,1H3. The topological polar surface area (TPSA) is 86.7 Å². The summed E-state index contributed by atoms with van der Waals surface area (Å²) in [6.45, 7) is 5.33. The molecule has 0 aromatic heterocycles. The molecule has 98 valence electrons. The second-order valence-electron chi connectivity index (χ2n) is 3.19. The van der Waals surface area contributed by atoms with E-state index in [9.17, 15) is 18.0 Å². The zero-order valence-electron chi connectivity index (χ0n) is 9.68. The number of carbonyl (C=O) groups excluding carboxylic acids is 2. The molecule has 0 aromatic carbocycles. The summed E-state index contributed by atoms with van der Waals surface area (Å²) in [5.74, 6) is -1.97. The lowest BCUT2D eigenvalue weighted by Crippen LogP contribution is -2.16. The Balaban J connectivity index is 3.95. The Hall–Kier alpha value is -1.37. The fourth-order valence-corrected chi connectivity index (χ4v) is 1.58. The smallest absolute Gasteiger partial charge is 0.322 e. The summed E-state index contributed by atoms with van der Waals surface area (Å²) < 4.78 is 30.9. The molecule has 17 heavy (non-hydrogen) atoms. The molecule has 0 aromatic rings. The van der Waals surface area contributed by atoms with Gasteiger partial charge in [0.1, 0.15) is 5.75 Å². The predicted molar refractivity (Wildman–Crippen MR) is 60.6 cm³/mol. The van der Waals surface area contributed by atoms with Crippen molar-refractivity contribution in [3.63, 3.8) is 0 Å².